The van der Waals surface area contributed by atoms with Crippen molar-refractivity contribution in [2.75, 3.05) is 6.61 Å². The maximum Gasteiger partial charge on any atom is 0.306 e. The summed E-state index contributed by atoms with van der Waals surface area (Å²) in [6.07, 6.45) is 1.92. The average molecular weight is 284 g/mol. The molecule has 104 valence electrons. The molecular formula is C12H16N2O4S. The number of ether oxygens (including phenoxy) is 1. The molecule has 0 aliphatic heterocycles. The van der Waals surface area contributed by atoms with E-state index in [0.717, 1.165) is 12.8 Å². The van der Waals surface area contributed by atoms with Crippen LogP contribution in [0.25, 0.3) is 0 Å². The maximum atomic E-state index is 11.5. The van der Waals surface area contributed by atoms with Crippen molar-refractivity contribution in [3.63, 3.8) is 0 Å². The van der Waals surface area contributed by atoms with Gasteiger partial charge in [-0.15, -0.1) is 11.3 Å². The number of rotatable bonds is 6. The van der Waals surface area contributed by atoms with Gasteiger partial charge in [-0.25, -0.2) is 0 Å². The second-order valence-corrected chi connectivity index (χ2v) is 4.69. The highest BCUT2D eigenvalue weighted by atomic mass is 32.1. The standard InChI is InChI=1S/C12H16N2O4S/c1-2-3-6-11(16)18-8-10(15)13-14-12(17)9-5-4-7-19-9/h4-5,7H,2-3,6,8H2,1H3,(H,13,15)(H,14,17). The molecule has 19 heavy (non-hydrogen) atoms. The lowest BCUT2D eigenvalue weighted by atomic mass is 10.2. The summed E-state index contributed by atoms with van der Waals surface area (Å²) in [6, 6.07) is 3.37. The Balaban J connectivity index is 2.18. The molecule has 0 unspecified atom stereocenters. The molecule has 0 fully saturated rings. The van der Waals surface area contributed by atoms with Crippen molar-refractivity contribution in [1.29, 1.82) is 0 Å². The Labute approximate surface area is 115 Å². The molecule has 1 rings (SSSR count). The highest BCUT2D eigenvalue weighted by Crippen LogP contribution is 2.06. The third-order valence-corrected chi connectivity index (χ3v) is 3.03. The van der Waals surface area contributed by atoms with E-state index in [2.05, 4.69) is 10.9 Å². The van der Waals surface area contributed by atoms with Crippen LogP contribution >= 0.6 is 11.3 Å². The Morgan fingerprint density at radius 3 is 2.74 bits per heavy atom. The predicted octanol–water partition coefficient (Wildman–Crippen LogP) is 1.24. The van der Waals surface area contributed by atoms with E-state index in [9.17, 15) is 14.4 Å². The second-order valence-electron chi connectivity index (χ2n) is 3.74. The van der Waals surface area contributed by atoms with Crippen LogP contribution in [0.4, 0.5) is 0 Å². The minimum Gasteiger partial charge on any atom is -0.455 e. The third kappa shape index (κ3) is 6.01. The molecule has 1 aromatic rings. The van der Waals surface area contributed by atoms with Gasteiger partial charge in [-0.1, -0.05) is 19.4 Å². The van der Waals surface area contributed by atoms with Crippen molar-refractivity contribution < 1.29 is 19.1 Å². The summed E-state index contributed by atoms with van der Waals surface area (Å²) in [5, 5.41) is 1.76. The van der Waals surface area contributed by atoms with Gasteiger partial charge in [0.05, 0.1) is 4.88 Å². The van der Waals surface area contributed by atoms with Crippen molar-refractivity contribution in [1.82, 2.24) is 10.9 Å². The topological polar surface area (TPSA) is 84.5 Å². The number of nitrogens with one attached hydrogen (secondary N) is 2. The number of carbonyl (C=O) groups is 3. The van der Waals surface area contributed by atoms with Crippen molar-refractivity contribution in [3.05, 3.63) is 22.4 Å². The lowest BCUT2D eigenvalue weighted by Gasteiger charge is -2.07. The highest BCUT2D eigenvalue weighted by molar-refractivity contribution is 7.12. The largest absolute Gasteiger partial charge is 0.455 e. The number of carbonyl (C=O) groups excluding carboxylic acids is 3. The summed E-state index contributed by atoms with van der Waals surface area (Å²) in [5.74, 6) is -1.39. The molecule has 2 amide bonds. The van der Waals surface area contributed by atoms with Crippen LogP contribution < -0.4 is 10.9 Å². The van der Waals surface area contributed by atoms with Crippen LogP contribution in [0.2, 0.25) is 0 Å². The third-order valence-electron chi connectivity index (χ3n) is 2.16. The minimum atomic E-state index is -0.574. The molecule has 1 aromatic heterocycles. The fourth-order valence-electron chi connectivity index (χ4n) is 1.17. The van der Waals surface area contributed by atoms with Gasteiger partial charge in [0.25, 0.3) is 11.8 Å². The van der Waals surface area contributed by atoms with Crippen LogP contribution in [-0.4, -0.2) is 24.4 Å². The molecule has 0 aliphatic rings. The van der Waals surface area contributed by atoms with Crippen LogP contribution in [0.15, 0.2) is 17.5 Å². The number of amides is 2. The Morgan fingerprint density at radius 1 is 1.32 bits per heavy atom. The van der Waals surface area contributed by atoms with E-state index in [-0.39, 0.29) is 0 Å². The van der Waals surface area contributed by atoms with Crippen LogP contribution in [-0.2, 0) is 14.3 Å². The molecule has 7 heteroatoms. The molecule has 1 heterocycles. The molecule has 0 radical (unpaired) electrons. The zero-order chi connectivity index (χ0) is 14.1. The van der Waals surface area contributed by atoms with Gasteiger partial charge in [-0.3, -0.25) is 25.2 Å². The monoisotopic (exact) mass is 284 g/mol. The normalized spacial score (nSPS) is 9.74. The SMILES string of the molecule is CCCCC(=O)OCC(=O)NNC(=O)c1cccs1. The van der Waals surface area contributed by atoms with Crippen LogP contribution in [0.3, 0.4) is 0 Å². The van der Waals surface area contributed by atoms with E-state index in [1.54, 1.807) is 17.5 Å². The van der Waals surface area contributed by atoms with Gasteiger partial charge in [-0.05, 0) is 17.9 Å². The summed E-state index contributed by atoms with van der Waals surface area (Å²) >= 11 is 1.26. The molecule has 0 saturated carbocycles. The van der Waals surface area contributed by atoms with Gasteiger partial charge < -0.3 is 4.74 Å². The van der Waals surface area contributed by atoms with E-state index < -0.39 is 24.4 Å². The zero-order valence-electron chi connectivity index (χ0n) is 10.6. The quantitative estimate of drug-likeness (QED) is 0.608. The highest BCUT2D eigenvalue weighted by Gasteiger charge is 2.09. The number of hydrazine groups is 1. The van der Waals surface area contributed by atoms with Gasteiger partial charge in [-0.2, -0.15) is 0 Å². The number of unbranched alkanes of at least 4 members (excludes halogenated alkanes) is 1. The molecule has 0 bridgehead atoms. The molecule has 2 N–H and O–H groups in total. The van der Waals surface area contributed by atoms with E-state index in [1.165, 1.54) is 11.3 Å². The van der Waals surface area contributed by atoms with Gasteiger partial charge >= 0.3 is 5.97 Å². The van der Waals surface area contributed by atoms with Gasteiger partial charge in [0.1, 0.15) is 0 Å². The van der Waals surface area contributed by atoms with Gasteiger partial charge in [0.2, 0.25) is 0 Å². The minimum absolute atomic E-state index is 0.297. The van der Waals surface area contributed by atoms with E-state index in [4.69, 9.17) is 4.74 Å². The molecule has 0 spiro atoms. The van der Waals surface area contributed by atoms with E-state index in [1.807, 2.05) is 6.92 Å². The first-order chi connectivity index (χ1) is 9.13. The Hall–Kier alpha value is -1.89. The molecule has 6 nitrogen and oxygen atoms in total. The Morgan fingerprint density at radius 2 is 2.11 bits per heavy atom. The van der Waals surface area contributed by atoms with Crippen molar-refractivity contribution in [2.45, 2.75) is 26.2 Å². The van der Waals surface area contributed by atoms with Crippen LogP contribution in [0, 0.1) is 0 Å². The molecule has 0 saturated heterocycles. The lowest BCUT2D eigenvalue weighted by Crippen LogP contribution is -2.43. The summed E-state index contributed by atoms with van der Waals surface area (Å²) < 4.78 is 4.73. The molecule has 0 aromatic carbocycles. The first-order valence-corrected chi connectivity index (χ1v) is 6.79. The number of thiophene rings is 1. The molecular weight excluding hydrogens is 268 g/mol. The second kappa shape index (κ2) is 8.25. The summed E-state index contributed by atoms with van der Waals surface area (Å²) in [7, 11) is 0. The summed E-state index contributed by atoms with van der Waals surface area (Å²) in [6.45, 7) is 1.56. The summed E-state index contributed by atoms with van der Waals surface area (Å²) in [4.78, 5) is 34.4. The Kier molecular flexibility index (Phi) is 6.59. The fourth-order valence-corrected chi connectivity index (χ4v) is 1.79. The lowest BCUT2D eigenvalue weighted by molar-refractivity contribution is -0.148. The smallest absolute Gasteiger partial charge is 0.306 e. The number of hydrogen-bond acceptors (Lipinski definition) is 5. The first-order valence-electron chi connectivity index (χ1n) is 5.91. The maximum absolute atomic E-state index is 11.5. The number of hydrogen-bond donors (Lipinski definition) is 2. The zero-order valence-corrected chi connectivity index (χ0v) is 11.4. The van der Waals surface area contributed by atoms with Crippen molar-refractivity contribution in [2.24, 2.45) is 0 Å². The predicted molar refractivity (Wildman–Crippen MR) is 70.4 cm³/mol. The first kappa shape index (κ1) is 15.2. The van der Waals surface area contributed by atoms with Gasteiger partial charge in [0, 0.05) is 6.42 Å². The molecule has 0 aliphatic carbocycles. The fraction of sp³-hybridized carbons (Fsp3) is 0.417. The summed E-state index contributed by atoms with van der Waals surface area (Å²) in [5.41, 5.74) is 4.41. The van der Waals surface area contributed by atoms with Crippen molar-refractivity contribution >= 4 is 29.1 Å². The van der Waals surface area contributed by atoms with Gasteiger partial charge in [0.15, 0.2) is 6.61 Å². The van der Waals surface area contributed by atoms with E-state index >= 15 is 0 Å². The van der Waals surface area contributed by atoms with Crippen LogP contribution in [0.1, 0.15) is 35.9 Å². The number of esters is 1. The average Bonchev–Trinajstić information content (AvgIpc) is 2.94. The molecule has 0 atom stereocenters. The van der Waals surface area contributed by atoms with E-state index in [0.29, 0.717) is 11.3 Å². The van der Waals surface area contributed by atoms with Crippen molar-refractivity contribution in [3.8, 4) is 0 Å². The van der Waals surface area contributed by atoms with Crippen LogP contribution in [0.5, 0.6) is 0 Å². The Bertz CT molecular complexity index is 431.